The monoisotopic (exact) mass is 292 g/mol. The van der Waals surface area contributed by atoms with E-state index in [0.29, 0.717) is 16.5 Å². The number of halogens is 2. The van der Waals surface area contributed by atoms with Crippen LogP contribution in [0.25, 0.3) is 11.5 Å². The summed E-state index contributed by atoms with van der Waals surface area (Å²) in [4.78, 5) is 16.2. The molecule has 0 N–H and O–H groups in total. The van der Waals surface area contributed by atoms with Crippen molar-refractivity contribution in [1.82, 2.24) is 19.2 Å². The van der Waals surface area contributed by atoms with E-state index in [0.717, 1.165) is 16.1 Å². The second-order valence-corrected chi connectivity index (χ2v) is 4.85. The molecule has 0 saturated heterocycles. The van der Waals surface area contributed by atoms with Crippen molar-refractivity contribution < 1.29 is 4.39 Å². The minimum atomic E-state index is -0.743. The average molecular weight is 293 g/mol. The first-order chi connectivity index (χ1) is 9.47. The third-order valence-electron chi connectivity index (χ3n) is 2.96. The first kappa shape index (κ1) is 12.8. The zero-order valence-electron chi connectivity index (χ0n) is 10.8. The first-order valence-electron chi connectivity index (χ1n) is 5.89. The summed E-state index contributed by atoms with van der Waals surface area (Å²) < 4.78 is 16.0. The summed E-state index contributed by atoms with van der Waals surface area (Å²) in [5.74, 6) is -0.226. The Balaban J connectivity index is 2.40. The van der Waals surface area contributed by atoms with Gasteiger partial charge in [-0.2, -0.15) is 13.9 Å². The fraction of sp³-hybridized carbons (Fsp3) is 0.154. The van der Waals surface area contributed by atoms with E-state index in [1.165, 1.54) is 4.57 Å². The van der Waals surface area contributed by atoms with Gasteiger partial charge in [0.05, 0.1) is 11.8 Å². The Hall–Kier alpha value is -2.21. The van der Waals surface area contributed by atoms with E-state index >= 15 is 0 Å². The number of aryl methyl sites for hydroxylation is 2. The van der Waals surface area contributed by atoms with E-state index in [2.05, 4.69) is 10.1 Å². The average Bonchev–Trinajstić information content (AvgIpc) is 2.75. The third kappa shape index (κ3) is 1.89. The van der Waals surface area contributed by atoms with Gasteiger partial charge < -0.3 is 0 Å². The molecule has 0 aliphatic heterocycles. The predicted molar refractivity (Wildman–Crippen MR) is 73.0 cm³/mol. The van der Waals surface area contributed by atoms with Gasteiger partial charge in [-0.15, -0.1) is 5.10 Å². The lowest BCUT2D eigenvalue weighted by Crippen LogP contribution is -2.22. The number of hydrogen-bond donors (Lipinski definition) is 0. The van der Waals surface area contributed by atoms with Gasteiger partial charge in [0.25, 0.3) is 5.56 Å². The van der Waals surface area contributed by atoms with E-state index in [-0.39, 0.29) is 5.78 Å². The standard InChI is InChI=1S/C13H10ClFN4O/c1-7-5-9(3-4-10(7)14)18-12(20)6-11(15)19-13(18)16-8(2)17-19/h3-6H,1-2H3. The molecule has 0 bridgehead atoms. The van der Waals surface area contributed by atoms with Crippen LogP contribution in [0.4, 0.5) is 4.39 Å². The SMILES string of the molecule is Cc1nc2n(-c3ccc(Cl)c(C)c3)c(=O)cc(F)n2n1. The van der Waals surface area contributed by atoms with Crippen molar-refractivity contribution in [3.05, 3.63) is 57.0 Å². The van der Waals surface area contributed by atoms with Crippen molar-refractivity contribution in [3.8, 4) is 5.69 Å². The zero-order valence-corrected chi connectivity index (χ0v) is 11.5. The lowest BCUT2D eigenvalue weighted by atomic mass is 10.2. The van der Waals surface area contributed by atoms with Crippen LogP contribution in [0.1, 0.15) is 11.4 Å². The summed E-state index contributed by atoms with van der Waals surface area (Å²) in [5.41, 5.74) is 0.869. The van der Waals surface area contributed by atoms with Crippen LogP contribution in [0.3, 0.4) is 0 Å². The summed E-state index contributed by atoms with van der Waals surface area (Å²) >= 11 is 5.97. The molecule has 3 aromatic rings. The van der Waals surface area contributed by atoms with Crippen LogP contribution in [0.15, 0.2) is 29.1 Å². The van der Waals surface area contributed by atoms with Gasteiger partial charge in [0.2, 0.25) is 11.7 Å². The zero-order chi connectivity index (χ0) is 14.4. The second kappa shape index (κ2) is 4.42. The first-order valence-corrected chi connectivity index (χ1v) is 6.26. The molecular formula is C13H10ClFN4O. The van der Waals surface area contributed by atoms with Crippen LogP contribution in [0.5, 0.6) is 0 Å². The molecule has 0 unspecified atom stereocenters. The normalized spacial score (nSPS) is 11.2. The van der Waals surface area contributed by atoms with Crippen LogP contribution >= 0.6 is 11.6 Å². The summed E-state index contributed by atoms with van der Waals surface area (Å²) in [6, 6.07) is 5.98. The van der Waals surface area contributed by atoms with Crippen molar-refractivity contribution in [1.29, 1.82) is 0 Å². The Labute approximate surface area is 118 Å². The molecule has 2 heterocycles. The number of benzene rings is 1. The Bertz CT molecular complexity index is 884. The molecule has 0 amide bonds. The second-order valence-electron chi connectivity index (χ2n) is 4.45. The summed E-state index contributed by atoms with van der Waals surface area (Å²) in [7, 11) is 0. The Morgan fingerprint density at radius 1 is 1.25 bits per heavy atom. The Kier molecular flexibility index (Phi) is 2.83. The third-order valence-corrected chi connectivity index (χ3v) is 3.39. The van der Waals surface area contributed by atoms with Gasteiger partial charge in [-0.3, -0.25) is 4.79 Å². The maximum Gasteiger partial charge on any atom is 0.262 e. The van der Waals surface area contributed by atoms with Gasteiger partial charge >= 0.3 is 0 Å². The maximum absolute atomic E-state index is 13.7. The lowest BCUT2D eigenvalue weighted by Gasteiger charge is -2.08. The molecular weight excluding hydrogens is 283 g/mol. The molecule has 0 aliphatic carbocycles. The van der Waals surface area contributed by atoms with E-state index in [1.807, 2.05) is 6.92 Å². The van der Waals surface area contributed by atoms with Gasteiger partial charge in [-0.25, -0.2) is 4.57 Å². The Morgan fingerprint density at radius 2 is 2.00 bits per heavy atom. The maximum atomic E-state index is 13.7. The molecule has 0 atom stereocenters. The minimum Gasteiger partial charge on any atom is -0.269 e. The van der Waals surface area contributed by atoms with Crippen molar-refractivity contribution in [3.63, 3.8) is 0 Å². The van der Waals surface area contributed by atoms with Gasteiger partial charge in [0, 0.05) is 5.02 Å². The highest BCUT2D eigenvalue weighted by molar-refractivity contribution is 6.31. The molecule has 0 aliphatic rings. The smallest absolute Gasteiger partial charge is 0.262 e. The molecule has 0 spiro atoms. The summed E-state index contributed by atoms with van der Waals surface area (Å²) in [5, 5.41) is 4.52. The largest absolute Gasteiger partial charge is 0.269 e. The molecule has 7 heteroatoms. The highest BCUT2D eigenvalue weighted by Gasteiger charge is 2.14. The van der Waals surface area contributed by atoms with Crippen LogP contribution in [-0.2, 0) is 0 Å². The van der Waals surface area contributed by atoms with Crippen LogP contribution in [0, 0.1) is 19.8 Å². The summed E-state index contributed by atoms with van der Waals surface area (Å²) in [6.45, 7) is 3.46. The molecule has 102 valence electrons. The fourth-order valence-electron chi connectivity index (χ4n) is 2.03. The minimum absolute atomic E-state index is 0.134. The van der Waals surface area contributed by atoms with Crippen molar-refractivity contribution in [2.75, 3.05) is 0 Å². The van der Waals surface area contributed by atoms with E-state index in [9.17, 15) is 9.18 Å². The number of nitrogens with zero attached hydrogens (tertiary/aromatic N) is 4. The predicted octanol–water partition coefficient (Wildman–Crippen LogP) is 2.29. The number of rotatable bonds is 1. The molecule has 3 rings (SSSR count). The van der Waals surface area contributed by atoms with E-state index < -0.39 is 11.5 Å². The van der Waals surface area contributed by atoms with Crippen LogP contribution in [0.2, 0.25) is 5.02 Å². The lowest BCUT2D eigenvalue weighted by molar-refractivity contribution is 0.534. The van der Waals surface area contributed by atoms with Crippen LogP contribution in [-0.4, -0.2) is 19.2 Å². The van der Waals surface area contributed by atoms with Crippen LogP contribution < -0.4 is 5.56 Å². The van der Waals surface area contributed by atoms with Gasteiger partial charge in [0.1, 0.15) is 5.82 Å². The number of hydrogen-bond acceptors (Lipinski definition) is 3. The highest BCUT2D eigenvalue weighted by atomic mass is 35.5. The quantitative estimate of drug-likeness (QED) is 0.647. The van der Waals surface area contributed by atoms with Gasteiger partial charge in [-0.05, 0) is 37.6 Å². The van der Waals surface area contributed by atoms with Gasteiger partial charge in [-0.1, -0.05) is 11.6 Å². The van der Waals surface area contributed by atoms with Crippen molar-refractivity contribution in [2.24, 2.45) is 0 Å². The molecule has 20 heavy (non-hydrogen) atoms. The van der Waals surface area contributed by atoms with Crippen molar-refractivity contribution >= 4 is 17.4 Å². The van der Waals surface area contributed by atoms with Crippen molar-refractivity contribution in [2.45, 2.75) is 13.8 Å². The fourth-order valence-corrected chi connectivity index (χ4v) is 2.15. The summed E-state index contributed by atoms with van der Waals surface area (Å²) in [6.07, 6.45) is 0. The molecule has 2 aromatic heterocycles. The number of aromatic nitrogens is 4. The van der Waals surface area contributed by atoms with E-state index in [4.69, 9.17) is 11.6 Å². The number of fused-ring (bicyclic) bond motifs is 1. The topological polar surface area (TPSA) is 52.2 Å². The molecule has 0 saturated carbocycles. The molecule has 1 aromatic carbocycles. The molecule has 0 fully saturated rings. The molecule has 5 nitrogen and oxygen atoms in total. The Morgan fingerprint density at radius 3 is 2.70 bits per heavy atom. The highest BCUT2D eigenvalue weighted by Crippen LogP contribution is 2.19. The van der Waals surface area contributed by atoms with E-state index in [1.54, 1.807) is 25.1 Å². The molecule has 0 radical (unpaired) electrons. The van der Waals surface area contributed by atoms with Gasteiger partial charge in [0.15, 0.2) is 0 Å².